The van der Waals surface area contributed by atoms with E-state index < -0.39 is 0 Å². The highest BCUT2D eigenvalue weighted by molar-refractivity contribution is 5.91. The maximum Gasteiger partial charge on any atom is 0.253 e. The lowest BCUT2D eigenvalue weighted by Crippen LogP contribution is -2.26. The minimum Gasteiger partial charge on any atom is -0.494 e. The first-order valence-electron chi connectivity index (χ1n) is 7.87. The van der Waals surface area contributed by atoms with Crippen molar-refractivity contribution < 1.29 is 9.53 Å². The number of hydrogen-bond acceptors (Lipinski definition) is 3. The number of carbonyl (C=O) groups is 1. The molecule has 0 atom stereocenters. The molecule has 126 valence electrons. The van der Waals surface area contributed by atoms with Gasteiger partial charge in [0, 0.05) is 23.9 Å². The van der Waals surface area contributed by atoms with Gasteiger partial charge in [-0.15, -0.1) is 0 Å². The lowest BCUT2D eigenvalue weighted by Gasteiger charge is -2.06. The third kappa shape index (κ3) is 4.84. The average molecular weight is 326 g/mol. The predicted octanol–water partition coefficient (Wildman–Crippen LogP) is 2.72. The molecular formula is C19H22N2O3. The SMILES string of the molecule is CCOc1ccc(/C=C/C(=O)NCc2c(C)cc(C)[nH]c2=O)cc1. The minimum absolute atomic E-state index is 0.164. The van der Waals surface area contributed by atoms with Crippen LogP contribution in [0.25, 0.3) is 6.08 Å². The first kappa shape index (κ1) is 17.5. The number of benzene rings is 1. The number of rotatable bonds is 6. The summed E-state index contributed by atoms with van der Waals surface area (Å²) in [6, 6.07) is 9.36. The van der Waals surface area contributed by atoms with Gasteiger partial charge in [-0.05, 0) is 56.2 Å². The van der Waals surface area contributed by atoms with E-state index in [1.807, 2.05) is 51.1 Å². The summed E-state index contributed by atoms with van der Waals surface area (Å²) in [6.45, 7) is 6.44. The van der Waals surface area contributed by atoms with Crippen LogP contribution in [0.5, 0.6) is 5.75 Å². The lowest BCUT2D eigenvalue weighted by atomic mass is 10.1. The summed E-state index contributed by atoms with van der Waals surface area (Å²) < 4.78 is 5.37. The van der Waals surface area contributed by atoms with Crippen LogP contribution in [0.4, 0.5) is 0 Å². The van der Waals surface area contributed by atoms with Crippen molar-refractivity contribution in [2.24, 2.45) is 0 Å². The number of carbonyl (C=O) groups excluding carboxylic acids is 1. The number of H-pyrrole nitrogens is 1. The second kappa shape index (κ2) is 8.15. The molecule has 2 rings (SSSR count). The van der Waals surface area contributed by atoms with Gasteiger partial charge in [0.2, 0.25) is 5.91 Å². The standard InChI is InChI=1S/C19H22N2O3/c1-4-24-16-8-5-15(6-9-16)7-10-18(22)20-12-17-13(2)11-14(3)21-19(17)23/h5-11H,4,12H2,1-3H3,(H,20,22)(H,21,23)/b10-7+. The van der Waals surface area contributed by atoms with E-state index in [-0.39, 0.29) is 18.0 Å². The fraction of sp³-hybridized carbons (Fsp3) is 0.263. The average Bonchev–Trinajstić information content (AvgIpc) is 2.53. The molecule has 0 saturated carbocycles. The number of aromatic nitrogens is 1. The van der Waals surface area contributed by atoms with Crippen LogP contribution in [-0.4, -0.2) is 17.5 Å². The number of amides is 1. The van der Waals surface area contributed by atoms with Crippen molar-refractivity contribution in [1.82, 2.24) is 10.3 Å². The Balaban J connectivity index is 1.95. The molecule has 0 bridgehead atoms. The predicted molar refractivity (Wildman–Crippen MR) is 95.0 cm³/mol. The number of ether oxygens (including phenoxy) is 1. The van der Waals surface area contributed by atoms with Crippen molar-refractivity contribution in [2.75, 3.05) is 6.61 Å². The number of aromatic amines is 1. The molecule has 1 amide bonds. The lowest BCUT2D eigenvalue weighted by molar-refractivity contribution is -0.116. The van der Waals surface area contributed by atoms with Crippen molar-refractivity contribution in [2.45, 2.75) is 27.3 Å². The largest absolute Gasteiger partial charge is 0.494 e. The molecule has 0 spiro atoms. The van der Waals surface area contributed by atoms with E-state index in [1.165, 1.54) is 6.08 Å². The van der Waals surface area contributed by atoms with E-state index >= 15 is 0 Å². The highest BCUT2D eigenvalue weighted by atomic mass is 16.5. The second-order valence-electron chi connectivity index (χ2n) is 5.50. The number of aryl methyl sites for hydroxylation is 2. The highest BCUT2D eigenvalue weighted by Gasteiger charge is 2.06. The van der Waals surface area contributed by atoms with Crippen LogP contribution in [0.1, 0.15) is 29.3 Å². The molecule has 24 heavy (non-hydrogen) atoms. The normalized spacial score (nSPS) is 10.8. The summed E-state index contributed by atoms with van der Waals surface area (Å²) in [6.07, 6.45) is 3.17. The minimum atomic E-state index is -0.247. The van der Waals surface area contributed by atoms with Gasteiger partial charge in [-0.3, -0.25) is 9.59 Å². The molecule has 0 fully saturated rings. The molecule has 0 radical (unpaired) electrons. The van der Waals surface area contributed by atoms with Crippen LogP contribution in [0.15, 0.2) is 41.2 Å². The summed E-state index contributed by atoms with van der Waals surface area (Å²) in [4.78, 5) is 26.6. The Morgan fingerprint density at radius 2 is 1.96 bits per heavy atom. The molecule has 1 heterocycles. The van der Waals surface area contributed by atoms with Crippen LogP contribution in [0.3, 0.4) is 0 Å². The van der Waals surface area contributed by atoms with Gasteiger partial charge in [0.15, 0.2) is 0 Å². The van der Waals surface area contributed by atoms with Crippen molar-refractivity contribution >= 4 is 12.0 Å². The number of pyridine rings is 1. The Morgan fingerprint density at radius 3 is 2.58 bits per heavy atom. The van der Waals surface area contributed by atoms with Crippen LogP contribution in [-0.2, 0) is 11.3 Å². The van der Waals surface area contributed by atoms with Crippen LogP contribution in [0, 0.1) is 13.8 Å². The van der Waals surface area contributed by atoms with Crippen LogP contribution >= 0.6 is 0 Å². The van der Waals surface area contributed by atoms with E-state index in [4.69, 9.17) is 4.74 Å². The van der Waals surface area contributed by atoms with Crippen molar-refractivity contribution in [1.29, 1.82) is 0 Å². The molecule has 2 aromatic rings. The number of nitrogens with one attached hydrogen (secondary N) is 2. The first-order chi connectivity index (χ1) is 11.5. The van der Waals surface area contributed by atoms with Gasteiger partial charge in [-0.2, -0.15) is 0 Å². The zero-order valence-corrected chi connectivity index (χ0v) is 14.2. The third-order valence-corrected chi connectivity index (χ3v) is 3.55. The fourth-order valence-corrected chi connectivity index (χ4v) is 2.35. The van der Waals surface area contributed by atoms with Gasteiger partial charge in [0.25, 0.3) is 5.56 Å². The van der Waals surface area contributed by atoms with E-state index in [2.05, 4.69) is 10.3 Å². The Labute approximate surface area is 141 Å². The molecule has 0 aliphatic heterocycles. The van der Waals surface area contributed by atoms with Crippen molar-refractivity contribution in [3.63, 3.8) is 0 Å². The van der Waals surface area contributed by atoms with Gasteiger partial charge < -0.3 is 15.0 Å². The summed E-state index contributed by atoms with van der Waals surface area (Å²) >= 11 is 0. The smallest absolute Gasteiger partial charge is 0.253 e. The highest BCUT2D eigenvalue weighted by Crippen LogP contribution is 2.13. The molecular weight excluding hydrogens is 304 g/mol. The molecule has 0 saturated heterocycles. The van der Waals surface area contributed by atoms with Gasteiger partial charge in [0.05, 0.1) is 6.61 Å². The Hall–Kier alpha value is -2.82. The topological polar surface area (TPSA) is 71.2 Å². The monoisotopic (exact) mass is 326 g/mol. The third-order valence-electron chi connectivity index (χ3n) is 3.55. The van der Waals surface area contributed by atoms with E-state index in [0.29, 0.717) is 12.2 Å². The fourth-order valence-electron chi connectivity index (χ4n) is 2.35. The van der Waals surface area contributed by atoms with Crippen molar-refractivity contribution in [3.8, 4) is 5.75 Å². The Kier molecular flexibility index (Phi) is 5.95. The van der Waals surface area contributed by atoms with Crippen LogP contribution in [0.2, 0.25) is 0 Å². The molecule has 0 aliphatic rings. The molecule has 5 heteroatoms. The van der Waals surface area contributed by atoms with Gasteiger partial charge >= 0.3 is 0 Å². The summed E-state index contributed by atoms with van der Waals surface area (Å²) in [5, 5.41) is 2.73. The summed E-state index contributed by atoms with van der Waals surface area (Å²) in [7, 11) is 0. The van der Waals surface area contributed by atoms with Gasteiger partial charge in [0.1, 0.15) is 5.75 Å². The summed E-state index contributed by atoms with van der Waals surface area (Å²) in [5.41, 5.74) is 2.99. The number of hydrogen-bond donors (Lipinski definition) is 2. The Morgan fingerprint density at radius 1 is 1.25 bits per heavy atom. The van der Waals surface area contributed by atoms with Gasteiger partial charge in [-0.1, -0.05) is 12.1 Å². The summed E-state index contributed by atoms with van der Waals surface area (Å²) in [5.74, 6) is 0.552. The molecule has 1 aromatic carbocycles. The zero-order valence-electron chi connectivity index (χ0n) is 14.2. The van der Waals surface area contributed by atoms with E-state index in [9.17, 15) is 9.59 Å². The Bertz CT molecular complexity index is 789. The second-order valence-corrected chi connectivity index (χ2v) is 5.50. The van der Waals surface area contributed by atoms with E-state index in [1.54, 1.807) is 6.08 Å². The van der Waals surface area contributed by atoms with E-state index in [0.717, 1.165) is 22.6 Å². The maximum absolute atomic E-state index is 11.9. The van der Waals surface area contributed by atoms with Gasteiger partial charge in [-0.25, -0.2) is 0 Å². The first-order valence-corrected chi connectivity index (χ1v) is 7.87. The molecule has 5 nitrogen and oxygen atoms in total. The maximum atomic E-state index is 11.9. The van der Waals surface area contributed by atoms with Crippen LogP contribution < -0.4 is 15.6 Å². The van der Waals surface area contributed by atoms with Crippen molar-refractivity contribution in [3.05, 3.63) is 69.1 Å². The molecule has 1 aromatic heterocycles. The molecule has 2 N–H and O–H groups in total. The molecule has 0 aliphatic carbocycles. The molecule has 0 unspecified atom stereocenters. The quantitative estimate of drug-likeness (QED) is 0.802. The zero-order chi connectivity index (χ0) is 17.5.